The second-order valence-corrected chi connectivity index (χ2v) is 10.0. The SMILES string of the molecule is CC(C)NC(=O)CSc1ccccc1C(=O)OC(C)C(=O)N1CCC(Cc2ccccc2)CC1. The average molecular weight is 483 g/mol. The van der Waals surface area contributed by atoms with E-state index in [0.29, 0.717) is 29.5 Å². The number of esters is 1. The third-order valence-electron chi connectivity index (χ3n) is 5.84. The number of amides is 2. The van der Waals surface area contributed by atoms with Crippen LogP contribution in [-0.2, 0) is 20.7 Å². The van der Waals surface area contributed by atoms with Gasteiger partial charge in [-0.25, -0.2) is 4.79 Å². The van der Waals surface area contributed by atoms with Crippen molar-refractivity contribution in [2.45, 2.75) is 57.1 Å². The van der Waals surface area contributed by atoms with Crippen molar-refractivity contribution in [3.63, 3.8) is 0 Å². The van der Waals surface area contributed by atoms with Gasteiger partial charge in [0.2, 0.25) is 5.91 Å². The molecule has 1 aliphatic rings. The molecule has 0 aromatic heterocycles. The summed E-state index contributed by atoms with van der Waals surface area (Å²) in [7, 11) is 0. The molecule has 6 nitrogen and oxygen atoms in total. The van der Waals surface area contributed by atoms with Crippen molar-refractivity contribution >= 4 is 29.5 Å². The van der Waals surface area contributed by atoms with E-state index in [0.717, 1.165) is 19.3 Å². The number of piperidine rings is 1. The van der Waals surface area contributed by atoms with Gasteiger partial charge in [-0.05, 0) is 63.6 Å². The number of nitrogens with zero attached hydrogens (tertiary/aromatic N) is 1. The number of nitrogens with one attached hydrogen (secondary N) is 1. The van der Waals surface area contributed by atoms with Crippen LogP contribution in [0.1, 0.15) is 49.5 Å². The monoisotopic (exact) mass is 482 g/mol. The van der Waals surface area contributed by atoms with E-state index in [1.165, 1.54) is 17.3 Å². The van der Waals surface area contributed by atoms with Gasteiger partial charge in [0.1, 0.15) is 0 Å². The Hall–Kier alpha value is -2.80. The van der Waals surface area contributed by atoms with Crippen LogP contribution < -0.4 is 5.32 Å². The molecular weight excluding hydrogens is 448 g/mol. The highest BCUT2D eigenvalue weighted by molar-refractivity contribution is 8.00. The smallest absolute Gasteiger partial charge is 0.340 e. The van der Waals surface area contributed by atoms with Crippen molar-refractivity contribution in [3.05, 3.63) is 65.7 Å². The van der Waals surface area contributed by atoms with Crippen molar-refractivity contribution in [1.29, 1.82) is 0 Å². The number of ether oxygens (including phenoxy) is 1. The summed E-state index contributed by atoms with van der Waals surface area (Å²) in [4.78, 5) is 40.2. The molecule has 1 fully saturated rings. The number of hydrogen-bond acceptors (Lipinski definition) is 5. The zero-order valence-corrected chi connectivity index (χ0v) is 21.0. The van der Waals surface area contributed by atoms with E-state index in [-0.39, 0.29) is 23.6 Å². The molecule has 1 saturated heterocycles. The molecule has 0 spiro atoms. The van der Waals surface area contributed by atoms with Gasteiger partial charge in [0.15, 0.2) is 6.10 Å². The van der Waals surface area contributed by atoms with Crippen molar-refractivity contribution in [1.82, 2.24) is 10.2 Å². The van der Waals surface area contributed by atoms with E-state index in [1.807, 2.05) is 26.0 Å². The highest BCUT2D eigenvalue weighted by atomic mass is 32.2. The molecule has 1 atom stereocenters. The number of likely N-dealkylation sites (tertiary alicyclic amines) is 1. The standard InChI is InChI=1S/C27H34N2O4S/c1-19(2)28-25(30)18-34-24-12-8-7-11-23(24)27(32)33-20(3)26(31)29-15-13-22(14-16-29)17-21-9-5-4-6-10-21/h4-12,19-20,22H,13-18H2,1-3H3,(H,28,30). The third-order valence-corrected chi connectivity index (χ3v) is 6.91. The Morgan fingerprint density at radius 2 is 1.65 bits per heavy atom. The summed E-state index contributed by atoms with van der Waals surface area (Å²) < 4.78 is 5.54. The molecule has 2 amide bonds. The zero-order valence-electron chi connectivity index (χ0n) is 20.2. The number of rotatable bonds is 9. The first kappa shape index (κ1) is 25.8. The lowest BCUT2D eigenvalue weighted by molar-refractivity contribution is -0.141. The lowest BCUT2D eigenvalue weighted by atomic mass is 9.90. The van der Waals surface area contributed by atoms with Gasteiger partial charge in [-0.2, -0.15) is 0 Å². The maximum absolute atomic E-state index is 12.9. The van der Waals surface area contributed by atoms with Crippen molar-refractivity contribution < 1.29 is 19.1 Å². The van der Waals surface area contributed by atoms with Crippen LogP contribution >= 0.6 is 11.8 Å². The summed E-state index contributed by atoms with van der Waals surface area (Å²) in [5, 5.41) is 2.84. The third kappa shape index (κ3) is 7.62. The minimum atomic E-state index is -0.861. The molecule has 2 aromatic rings. The fourth-order valence-electron chi connectivity index (χ4n) is 4.10. The predicted octanol–water partition coefficient (Wildman–Crippen LogP) is 4.33. The number of benzene rings is 2. The lowest BCUT2D eigenvalue weighted by Gasteiger charge is -2.33. The maximum atomic E-state index is 12.9. The van der Waals surface area contributed by atoms with E-state index >= 15 is 0 Å². The second-order valence-electron chi connectivity index (χ2n) is 9.01. The molecule has 34 heavy (non-hydrogen) atoms. The van der Waals surface area contributed by atoms with Crippen molar-refractivity contribution in [2.24, 2.45) is 5.92 Å². The number of thioether (sulfide) groups is 1. The Morgan fingerprint density at radius 1 is 1.00 bits per heavy atom. The Morgan fingerprint density at radius 3 is 2.32 bits per heavy atom. The van der Waals surface area contributed by atoms with Crippen LogP contribution in [0.3, 0.4) is 0 Å². The van der Waals surface area contributed by atoms with E-state index in [1.54, 1.807) is 30.0 Å². The van der Waals surface area contributed by atoms with Gasteiger partial charge in [0.25, 0.3) is 5.91 Å². The van der Waals surface area contributed by atoms with Crippen LogP contribution in [0.4, 0.5) is 0 Å². The van der Waals surface area contributed by atoms with Gasteiger partial charge in [0.05, 0.1) is 11.3 Å². The Kier molecular flexibility index (Phi) is 9.57. The first-order chi connectivity index (χ1) is 16.3. The van der Waals surface area contributed by atoms with Crippen LogP contribution in [0.25, 0.3) is 0 Å². The summed E-state index contributed by atoms with van der Waals surface area (Å²) in [6, 6.07) is 17.5. The fourth-order valence-corrected chi connectivity index (χ4v) is 4.96. The molecule has 1 aliphatic heterocycles. The summed E-state index contributed by atoms with van der Waals surface area (Å²) in [6.45, 7) is 6.78. The molecule has 0 saturated carbocycles. The second kappa shape index (κ2) is 12.6. The molecule has 2 aromatic carbocycles. The fraction of sp³-hybridized carbons (Fsp3) is 0.444. The van der Waals surface area contributed by atoms with Crippen LogP contribution in [-0.4, -0.2) is 53.7 Å². The highest BCUT2D eigenvalue weighted by Crippen LogP contribution is 2.25. The summed E-state index contributed by atoms with van der Waals surface area (Å²) in [5.41, 5.74) is 1.69. The molecule has 0 radical (unpaired) electrons. The normalized spacial score (nSPS) is 15.1. The first-order valence-corrected chi connectivity index (χ1v) is 12.9. The van der Waals surface area contributed by atoms with E-state index in [2.05, 4.69) is 29.6 Å². The van der Waals surface area contributed by atoms with Crippen LogP contribution in [0.5, 0.6) is 0 Å². The Bertz CT molecular complexity index is 972. The number of carbonyl (C=O) groups excluding carboxylic acids is 3. The summed E-state index contributed by atoms with van der Waals surface area (Å²) >= 11 is 1.28. The molecule has 0 bridgehead atoms. The molecule has 1 unspecified atom stereocenters. The van der Waals surface area contributed by atoms with Gasteiger partial charge in [-0.1, -0.05) is 42.5 Å². The molecular formula is C27H34N2O4S. The quantitative estimate of drug-likeness (QED) is 0.425. The van der Waals surface area contributed by atoms with Crippen LogP contribution in [0.2, 0.25) is 0 Å². The molecule has 182 valence electrons. The molecule has 1 N–H and O–H groups in total. The van der Waals surface area contributed by atoms with Gasteiger partial charge >= 0.3 is 5.97 Å². The molecule has 0 aliphatic carbocycles. The van der Waals surface area contributed by atoms with Crippen LogP contribution in [0.15, 0.2) is 59.5 Å². The lowest BCUT2D eigenvalue weighted by Crippen LogP contribution is -2.44. The first-order valence-electron chi connectivity index (χ1n) is 11.9. The Labute approximate surface area is 206 Å². The number of hydrogen-bond donors (Lipinski definition) is 1. The largest absolute Gasteiger partial charge is 0.449 e. The summed E-state index contributed by atoms with van der Waals surface area (Å²) in [6.07, 6.45) is 2.05. The Balaban J connectivity index is 1.50. The topological polar surface area (TPSA) is 75.7 Å². The molecule has 3 rings (SSSR count). The zero-order chi connectivity index (χ0) is 24.5. The van der Waals surface area contributed by atoms with Gasteiger partial charge in [0, 0.05) is 24.0 Å². The molecule has 7 heteroatoms. The average Bonchev–Trinajstić information content (AvgIpc) is 2.83. The summed E-state index contributed by atoms with van der Waals surface area (Å²) in [5.74, 6) is -0.0434. The van der Waals surface area contributed by atoms with Crippen molar-refractivity contribution in [3.8, 4) is 0 Å². The van der Waals surface area contributed by atoms with E-state index in [4.69, 9.17) is 4.74 Å². The minimum absolute atomic E-state index is 0.0589. The van der Waals surface area contributed by atoms with E-state index < -0.39 is 12.1 Å². The maximum Gasteiger partial charge on any atom is 0.340 e. The highest BCUT2D eigenvalue weighted by Gasteiger charge is 2.29. The van der Waals surface area contributed by atoms with Crippen molar-refractivity contribution in [2.75, 3.05) is 18.8 Å². The van der Waals surface area contributed by atoms with E-state index in [9.17, 15) is 14.4 Å². The number of carbonyl (C=O) groups is 3. The predicted molar refractivity (Wildman–Crippen MR) is 135 cm³/mol. The van der Waals surface area contributed by atoms with Crippen LogP contribution in [0, 0.1) is 5.92 Å². The minimum Gasteiger partial charge on any atom is -0.449 e. The van der Waals surface area contributed by atoms with Gasteiger partial charge < -0.3 is 15.0 Å². The van der Waals surface area contributed by atoms with Gasteiger partial charge in [-0.15, -0.1) is 11.8 Å². The molecule has 1 heterocycles. The van der Waals surface area contributed by atoms with Gasteiger partial charge in [-0.3, -0.25) is 9.59 Å².